The van der Waals surface area contributed by atoms with E-state index in [1.165, 1.54) is 32.0 Å². The Bertz CT molecular complexity index is 558. The summed E-state index contributed by atoms with van der Waals surface area (Å²) >= 11 is 6.04. The van der Waals surface area contributed by atoms with Gasteiger partial charge in [-0.3, -0.25) is 0 Å². The fraction of sp³-hybridized carbons (Fsp3) is 0.667. The van der Waals surface area contributed by atoms with Crippen molar-refractivity contribution in [3.63, 3.8) is 0 Å². The summed E-state index contributed by atoms with van der Waals surface area (Å²) in [6.07, 6.45) is 11.2. The van der Waals surface area contributed by atoms with Crippen LogP contribution in [0.2, 0.25) is 5.15 Å². The van der Waals surface area contributed by atoms with Crippen molar-refractivity contribution in [3.05, 3.63) is 17.8 Å². The minimum Gasteiger partial charge on any atom is -0.396 e. The molecule has 6 heteroatoms. The summed E-state index contributed by atoms with van der Waals surface area (Å²) in [6, 6.07) is 0.215. The van der Waals surface area contributed by atoms with E-state index in [2.05, 4.69) is 21.9 Å². The molecular weight excluding hydrogens is 288 g/mol. The number of hydrogen-bond acceptors (Lipinski definition) is 4. The van der Waals surface area contributed by atoms with E-state index in [-0.39, 0.29) is 12.6 Å². The molecule has 0 bridgehead atoms. The SMILES string of the molecule is CCCCCCC[C@H](CCO)n1cnc2c(Cl)ncnc21. The molecule has 0 aliphatic rings. The van der Waals surface area contributed by atoms with Crippen molar-refractivity contribution in [2.75, 3.05) is 6.61 Å². The molecule has 2 aromatic rings. The van der Waals surface area contributed by atoms with Gasteiger partial charge < -0.3 is 9.67 Å². The van der Waals surface area contributed by atoms with Crippen LogP contribution >= 0.6 is 11.6 Å². The van der Waals surface area contributed by atoms with Crippen LogP contribution in [0.25, 0.3) is 11.2 Å². The van der Waals surface area contributed by atoms with Gasteiger partial charge in [-0.25, -0.2) is 15.0 Å². The fourth-order valence-corrected chi connectivity index (χ4v) is 2.82. The van der Waals surface area contributed by atoms with Crippen LogP contribution in [0.1, 0.15) is 57.9 Å². The molecule has 21 heavy (non-hydrogen) atoms. The summed E-state index contributed by atoms with van der Waals surface area (Å²) < 4.78 is 2.03. The number of halogens is 1. The summed E-state index contributed by atoms with van der Waals surface area (Å²) in [4.78, 5) is 12.5. The third kappa shape index (κ3) is 4.14. The minimum atomic E-state index is 0.165. The number of aliphatic hydroxyl groups is 1. The molecule has 0 radical (unpaired) electrons. The van der Waals surface area contributed by atoms with Crippen molar-refractivity contribution in [1.82, 2.24) is 19.5 Å². The van der Waals surface area contributed by atoms with E-state index < -0.39 is 0 Å². The van der Waals surface area contributed by atoms with E-state index in [0.29, 0.717) is 17.1 Å². The van der Waals surface area contributed by atoms with Gasteiger partial charge in [0.2, 0.25) is 0 Å². The lowest BCUT2D eigenvalue weighted by molar-refractivity contribution is 0.251. The average molecular weight is 311 g/mol. The van der Waals surface area contributed by atoms with E-state index in [1.807, 2.05) is 4.57 Å². The van der Waals surface area contributed by atoms with Gasteiger partial charge in [0, 0.05) is 12.6 Å². The maximum Gasteiger partial charge on any atom is 0.165 e. The van der Waals surface area contributed by atoms with Crippen LogP contribution in [-0.2, 0) is 0 Å². The molecule has 116 valence electrons. The highest BCUT2D eigenvalue weighted by molar-refractivity contribution is 6.33. The predicted octanol–water partition coefficient (Wildman–Crippen LogP) is 3.76. The van der Waals surface area contributed by atoms with Crippen molar-refractivity contribution >= 4 is 22.8 Å². The van der Waals surface area contributed by atoms with E-state index in [9.17, 15) is 5.11 Å². The Hall–Kier alpha value is -1.20. The zero-order valence-electron chi connectivity index (χ0n) is 12.5. The number of rotatable bonds is 9. The first-order chi connectivity index (χ1) is 10.3. The van der Waals surface area contributed by atoms with Gasteiger partial charge in [0.05, 0.1) is 6.33 Å². The van der Waals surface area contributed by atoms with Crippen LogP contribution in [0.5, 0.6) is 0 Å². The van der Waals surface area contributed by atoms with Gasteiger partial charge in [0.25, 0.3) is 0 Å². The maximum absolute atomic E-state index is 9.31. The van der Waals surface area contributed by atoms with Gasteiger partial charge in [-0.05, 0) is 12.8 Å². The first-order valence-corrected chi connectivity index (χ1v) is 8.09. The minimum absolute atomic E-state index is 0.165. The molecule has 2 aromatic heterocycles. The first kappa shape index (κ1) is 16.2. The number of imidazole rings is 1. The van der Waals surface area contributed by atoms with E-state index in [4.69, 9.17) is 11.6 Å². The highest BCUT2D eigenvalue weighted by atomic mass is 35.5. The molecule has 0 saturated heterocycles. The summed E-state index contributed by atoms with van der Waals surface area (Å²) in [5.41, 5.74) is 1.38. The lowest BCUT2D eigenvalue weighted by Gasteiger charge is -2.18. The van der Waals surface area contributed by atoms with Crippen LogP contribution in [0, 0.1) is 0 Å². The summed E-state index contributed by atoms with van der Waals surface area (Å²) in [6.45, 7) is 2.38. The van der Waals surface area contributed by atoms with Crippen LogP contribution in [0.3, 0.4) is 0 Å². The van der Waals surface area contributed by atoms with Crippen LogP contribution < -0.4 is 0 Å². The largest absolute Gasteiger partial charge is 0.396 e. The second-order valence-corrected chi connectivity index (χ2v) is 5.72. The molecule has 0 aromatic carbocycles. The molecule has 0 amide bonds. The molecule has 1 N–H and O–H groups in total. The number of unbranched alkanes of at least 4 members (excludes halogenated alkanes) is 4. The molecule has 0 unspecified atom stereocenters. The summed E-state index contributed by atoms with van der Waals surface area (Å²) in [5.74, 6) is 0. The molecule has 0 saturated carbocycles. The van der Waals surface area contributed by atoms with E-state index >= 15 is 0 Å². The summed E-state index contributed by atoms with van der Waals surface area (Å²) in [5, 5.41) is 9.69. The molecule has 2 rings (SSSR count). The zero-order chi connectivity index (χ0) is 15.1. The Morgan fingerprint density at radius 2 is 1.95 bits per heavy atom. The second-order valence-electron chi connectivity index (χ2n) is 5.36. The van der Waals surface area contributed by atoms with Gasteiger partial charge in [-0.1, -0.05) is 50.6 Å². The van der Waals surface area contributed by atoms with E-state index in [1.54, 1.807) is 6.33 Å². The molecule has 0 fully saturated rings. The Balaban J connectivity index is 2.07. The topological polar surface area (TPSA) is 63.8 Å². The van der Waals surface area contributed by atoms with E-state index in [0.717, 1.165) is 18.5 Å². The van der Waals surface area contributed by atoms with Crippen LogP contribution in [0.15, 0.2) is 12.7 Å². The normalized spacial score (nSPS) is 12.9. The van der Waals surface area contributed by atoms with Crippen molar-refractivity contribution in [3.8, 4) is 0 Å². The number of aliphatic hydroxyl groups excluding tert-OH is 1. The maximum atomic E-state index is 9.31. The highest BCUT2D eigenvalue weighted by Gasteiger charge is 2.16. The fourth-order valence-electron chi connectivity index (χ4n) is 2.65. The third-order valence-corrected chi connectivity index (χ3v) is 4.09. The van der Waals surface area contributed by atoms with Crippen molar-refractivity contribution in [1.29, 1.82) is 0 Å². The molecular formula is C15H23ClN4O. The van der Waals surface area contributed by atoms with Gasteiger partial charge >= 0.3 is 0 Å². The monoisotopic (exact) mass is 310 g/mol. The van der Waals surface area contributed by atoms with Gasteiger partial charge in [0.1, 0.15) is 11.8 Å². The number of aromatic nitrogens is 4. The van der Waals surface area contributed by atoms with Gasteiger partial charge in [-0.2, -0.15) is 0 Å². The third-order valence-electron chi connectivity index (χ3n) is 3.81. The smallest absolute Gasteiger partial charge is 0.165 e. The Morgan fingerprint density at radius 1 is 1.14 bits per heavy atom. The van der Waals surface area contributed by atoms with Crippen molar-refractivity contribution in [2.45, 2.75) is 57.9 Å². The number of hydrogen-bond donors (Lipinski definition) is 1. The molecule has 1 atom stereocenters. The molecule has 2 heterocycles. The Morgan fingerprint density at radius 3 is 2.71 bits per heavy atom. The Kier molecular flexibility index (Phi) is 6.39. The Labute approximate surface area is 130 Å². The van der Waals surface area contributed by atoms with Gasteiger partial charge in [0.15, 0.2) is 10.8 Å². The number of fused-ring (bicyclic) bond motifs is 1. The van der Waals surface area contributed by atoms with Gasteiger partial charge in [-0.15, -0.1) is 0 Å². The molecule has 0 aliphatic heterocycles. The highest BCUT2D eigenvalue weighted by Crippen LogP contribution is 2.25. The molecule has 0 spiro atoms. The molecule has 0 aliphatic carbocycles. The quantitative estimate of drug-likeness (QED) is 0.565. The average Bonchev–Trinajstić information content (AvgIpc) is 2.91. The standard InChI is InChI=1S/C15H23ClN4O/c1-2-3-4-5-6-7-12(8-9-21)20-11-19-13-14(16)17-10-18-15(13)20/h10-12,21H,2-9H2,1H3/t12-/m1/s1. The van der Waals surface area contributed by atoms with Crippen LogP contribution in [-0.4, -0.2) is 31.2 Å². The lowest BCUT2D eigenvalue weighted by atomic mass is 10.0. The lowest BCUT2D eigenvalue weighted by Crippen LogP contribution is -2.11. The molecule has 5 nitrogen and oxygen atoms in total. The van der Waals surface area contributed by atoms with Crippen molar-refractivity contribution in [2.24, 2.45) is 0 Å². The first-order valence-electron chi connectivity index (χ1n) is 7.71. The summed E-state index contributed by atoms with van der Waals surface area (Å²) in [7, 11) is 0. The number of nitrogens with zero attached hydrogens (tertiary/aromatic N) is 4. The van der Waals surface area contributed by atoms with Crippen LogP contribution in [0.4, 0.5) is 0 Å². The predicted molar refractivity (Wildman–Crippen MR) is 84.4 cm³/mol. The second kappa shape index (κ2) is 8.29. The van der Waals surface area contributed by atoms with Crippen molar-refractivity contribution < 1.29 is 5.11 Å². The zero-order valence-corrected chi connectivity index (χ0v) is 13.3.